The molecule has 2 N–H and O–H groups in total. The molecule has 27 heavy (non-hydrogen) atoms. The Morgan fingerprint density at radius 2 is 1.81 bits per heavy atom. The fourth-order valence-corrected chi connectivity index (χ4v) is 2.34. The smallest absolute Gasteiger partial charge is 0.244 e. The third-order valence-electron chi connectivity index (χ3n) is 3.65. The number of benzene rings is 2. The monoisotopic (exact) mass is 373 g/mol. The van der Waals surface area contributed by atoms with Crippen molar-refractivity contribution in [2.75, 3.05) is 24.9 Å². The maximum atomic E-state index is 13.7. The van der Waals surface area contributed by atoms with E-state index in [0.717, 1.165) is 17.7 Å². The lowest BCUT2D eigenvalue weighted by Gasteiger charge is -2.11. The number of aromatic nitrogens is 3. The molecule has 0 saturated carbocycles. The Morgan fingerprint density at radius 1 is 1.00 bits per heavy atom. The molecule has 0 radical (unpaired) electrons. The summed E-state index contributed by atoms with van der Waals surface area (Å²) in [6.07, 6.45) is 1.34. The molecule has 3 aromatic rings. The molecule has 0 fully saturated rings. The first-order valence-electron chi connectivity index (χ1n) is 7.95. The van der Waals surface area contributed by atoms with Gasteiger partial charge in [-0.2, -0.15) is 10.1 Å². The predicted molar refractivity (Wildman–Crippen MR) is 96.3 cm³/mol. The largest absolute Gasteiger partial charge is 0.493 e. The van der Waals surface area contributed by atoms with Crippen LogP contribution in [0.2, 0.25) is 0 Å². The molecule has 0 amide bonds. The fourth-order valence-electron chi connectivity index (χ4n) is 2.34. The molecule has 0 saturated heterocycles. The molecule has 0 bridgehead atoms. The minimum absolute atomic E-state index is 0.0859. The van der Waals surface area contributed by atoms with E-state index in [4.69, 9.17) is 9.47 Å². The van der Waals surface area contributed by atoms with Gasteiger partial charge in [-0.05, 0) is 29.8 Å². The van der Waals surface area contributed by atoms with Crippen LogP contribution in [0.15, 0.2) is 42.6 Å². The van der Waals surface area contributed by atoms with Gasteiger partial charge in [0, 0.05) is 12.6 Å². The van der Waals surface area contributed by atoms with Crippen molar-refractivity contribution in [3.63, 3.8) is 0 Å². The summed E-state index contributed by atoms with van der Waals surface area (Å²) in [7, 11) is 3.13. The van der Waals surface area contributed by atoms with Crippen LogP contribution in [0.3, 0.4) is 0 Å². The first-order valence-corrected chi connectivity index (χ1v) is 7.95. The van der Waals surface area contributed by atoms with Gasteiger partial charge in [-0.3, -0.25) is 0 Å². The van der Waals surface area contributed by atoms with Gasteiger partial charge in [-0.15, -0.1) is 5.10 Å². The molecule has 0 aliphatic carbocycles. The van der Waals surface area contributed by atoms with Crippen LogP contribution in [-0.4, -0.2) is 29.4 Å². The zero-order valence-corrected chi connectivity index (χ0v) is 14.7. The zero-order chi connectivity index (χ0) is 19.2. The highest BCUT2D eigenvalue weighted by molar-refractivity contribution is 5.56. The van der Waals surface area contributed by atoms with E-state index in [1.165, 1.54) is 12.3 Å². The molecular weight excluding hydrogens is 356 g/mol. The van der Waals surface area contributed by atoms with Crippen molar-refractivity contribution in [2.45, 2.75) is 6.54 Å². The molecule has 9 heteroatoms. The van der Waals surface area contributed by atoms with E-state index >= 15 is 0 Å². The lowest BCUT2D eigenvalue weighted by atomic mass is 10.2. The molecule has 140 valence electrons. The van der Waals surface area contributed by atoms with E-state index in [-0.39, 0.29) is 17.5 Å². The van der Waals surface area contributed by atoms with Crippen LogP contribution in [0.5, 0.6) is 11.5 Å². The summed E-state index contributed by atoms with van der Waals surface area (Å²) in [5, 5.41) is 13.5. The third-order valence-corrected chi connectivity index (χ3v) is 3.65. The maximum Gasteiger partial charge on any atom is 0.244 e. The Morgan fingerprint density at radius 3 is 2.56 bits per heavy atom. The van der Waals surface area contributed by atoms with Crippen LogP contribution in [0.25, 0.3) is 0 Å². The molecule has 1 aromatic heterocycles. The summed E-state index contributed by atoms with van der Waals surface area (Å²) in [5.74, 6) is 0.372. The number of rotatable bonds is 7. The van der Waals surface area contributed by atoms with E-state index in [1.807, 2.05) is 12.1 Å². The fraction of sp³-hybridized carbons (Fsp3) is 0.167. The number of methoxy groups -OCH3 is 2. The van der Waals surface area contributed by atoms with E-state index < -0.39 is 11.6 Å². The van der Waals surface area contributed by atoms with Crippen molar-refractivity contribution in [2.24, 2.45) is 0 Å². The van der Waals surface area contributed by atoms with Gasteiger partial charge in [0.2, 0.25) is 5.95 Å². The maximum absolute atomic E-state index is 13.7. The van der Waals surface area contributed by atoms with Crippen LogP contribution < -0.4 is 20.1 Å². The SMILES string of the molecule is COc1ccc(CNc2nncc(Nc3ccc(F)cc3F)n2)cc1OC. The standard InChI is InChI=1S/C18H17F2N5O2/c1-26-15-6-3-11(7-16(15)27-2)9-21-18-24-17(10-22-25-18)23-14-5-4-12(19)8-13(14)20/h3-8,10H,9H2,1-2H3,(H2,21,23,24,25). The number of ether oxygens (including phenoxy) is 2. The van der Waals surface area contributed by atoms with Gasteiger partial charge in [-0.25, -0.2) is 8.78 Å². The summed E-state index contributed by atoms with van der Waals surface area (Å²) in [6.45, 7) is 0.413. The van der Waals surface area contributed by atoms with Gasteiger partial charge in [0.15, 0.2) is 17.3 Å². The summed E-state index contributed by atoms with van der Waals surface area (Å²) in [5.41, 5.74) is 1.00. The van der Waals surface area contributed by atoms with Crippen molar-refractivity contribution < 1.29 is 18.3 Å². The minimum Gasteiger partial charge on any atom is -0.493 e. The quantitative estimate of drug-likeness (QED) is 0.656. The van der Waals surface area contributed by atoms with E-state index in [1.54, 1.807) is 20.3 Å². The van der Waals surface area contributed by atoms with Gasteiger partial charge < -0.3 is 20.1 Å². The summed E-state index contributed by atoms with van der Waals surface area (Å²) in [4.78, 5) is 4.21. The number of nitrogens with zero attached hydrogens (tertiary/aromatic N) is 3. The Bertz CT molecular complexity index is 939. The van der Waals surface area contributed by atoms with E-state index in [2.05, 4.69) is 25.8 Å². The van der Waals surface area contributed by atoms with Crippen LogP contribution in [0.4, 0.5) is 26.2 Å². The molecule has 0 aliphatic heterocycles. The second kappa shape index (κ2) is 8.26. The second-order valence-corrected chi connectivity index (χ2v) is 5.46. The number of hydrogen-bond acceptors (Lipinski definition) is 7. The Kier molecular flexibility index (Phi) is 5.60. The number of anilines is 3. The molecular formula is C18H17F2N5O2. The van der Waals surface area contributed by atoms with Gasteiger partial charge in [0.1, 0.15) is 11.6 Å². The zero-order valence-electron chi connectivity index (χ0n) is 14.7. The van der Waals surface area contributed by atoms with E-state index in [0.29, 0.717) is 18.0 Å². The molecule has 7 nitrogen and oxygen atoms in total. The van der Waals surface area contributed by atoms with Gasteiger partial charge in [-0.1, -0.05) is 6.07 Å². The normalized spacial score (nSPS) is 10.4. The predicted octanol–water partition coefficient (Wildman–Crippen LogP) is 3.52. The number of halogens is 2. The summed E-state index contributed by atoms with van der Waals surface area (Å²) < 4.78 is 37.2. The van der Waals surface area contributed by atoms with Crippen LogP contribution >= 0.6 is 0 Å². The molecule has 0 atom stereocenters. The Labute approximate surface area is 154 Å². The van der Waals surface area contributed by atoms with Crippen molar-refractivity contribution in [3.05, 3.63) is 59.8 Å². The van der Waals surface area contributed by atoms with Gasteiger partial charge >= 0.3 is 0 Å². The highest BCUT2D eigenvalue weighted by atomic mass is 19.1. The van der Waals surface area contributed by atoms with Crippen LogP contribution in [-0.2, 0) is 6.54 Å². The Hall–Kier alpha value is -3.49. The molecule has 0 unspecified atom stereocenters. The first kappa shape index (κ1) is 18.3. The molecule has 2 aromatic carbocycles. The number of nitrogens with one attached hydrogen (secondary N) is 2. The summed E-state index contributed by atoms with van der Waals surface area (Å²) >= 11 is 0. The third kappa shape index (κ3) is 4.57. The molecule has 3 rings (SSSR count). The Balaban J connectivity index is 1.69. The molecule has 0 aliphatic rings. The summed E-state index contributed by atoms with van der Waals surface area (Å²) in [6, 6.07) is 8.71. The lowest BCUT2D eigenvalue weighted by Crippen LogP contribution is -2.07. The van der Waals surface area contributed by atoms with Crippen molar-refractivity contribution in [1.82, 2.24) is 15.2 Å². The topological polar surface area (TPSA) is 81.2 Å². The lowest BCUT2D eigenvalue weighted by molar-refractivity contribution is 0.354. The highest BCUT2D eigenvalue weighted by Crippen LogP contribution is 2.27. The average Bonchev–Trinajstić information content (AvgIpc) is 2.68. The minimum atomic E-state index is -0.728. The molecule has 0 spiro atoms. The number of hydrogen-bond donors (Lipinski definition) is 2. The molecule has 1 heterocycles. The van der Waals surface area contributed by atoms with Crippen molar-refractivity contribution >= 4 is 17.5 Å². The van der Waals surface area contributed by atoms with Crippen LogP contribution in [0.1, 0.15) is 5.56 Å². The van der Waals surface area contributed by atoms with Gasteiger partial charge in [0.05, 0.1) is 26.1 Å². The van der Waals surface area contributed by atoms with Gasteiger partial charge in [0.25, 0.3) is 0 Å². The van der Waals surface area contributed by atoms with Crippen molar-refractivity contribution in [3.8, 4) is 11.5 Å². The average molecular weight is 373 g/mol. The van der Waals surface area contributed by atoms with Crippen LogP contribution in [0, 0.1) is 11.6 Å². The van der Waals surface area contributed by atoms with Crippen molar-refractivity contribution in [1.29, 1.82) is 0 Å². The van der Waals surface area contributed by atoms with E-state index in [9.17, 15) is 8.78 Å². The highest BCUT2D eigenvalue weighted by Gasteiger charge is 2.08. The first-order chi connectivity index (χ1) is 13.1. The second-order valence-electron chi connectivity index (χ2n) is 5.46.